The van der Waals surface area contributed by atoms with Crippen molar-refractivity contribution >= 4 is 17.8 Å². The van der Waals surface area contributed by atoms with E-state index in [1.807, 2.05) is 43.3 Å². The molecule has 4 heteroatoms. The first kappa shape index (κ1) is 13.7. The largest absolute Gasteiger partial charge is 0.492 e. The van der Waals surface area contributed by atoms with Crippen LogP contribution in [-0.4, -0.2) is 25.9 Å². The van der Waals surface area contributed by atoms with Gasteiger partial charge in [0, 0.05) is 19.2 Å². The summed E-state index contributed by atoms with van der Waals surface area (Å²) in [5.74, 6) is 2.50. The second-order valence-corrected chi connectivity index (χ2v) is 5.03. The number of ether oxygens (including phenoxy) is 1. The van der Waals surface area contributed by atoms with Gasteiger partial charge >= 0.3 is 0 Å². The van der Waals surface area contributed by atoms with Gasteiger partial charge in [-0.1, -0.05) is 12.1 Å². The van der Waals surface area contributed by atoms with Crippen LogP contribution in [0, 0.1) is 0 Å². The van der Waals surface area contributed by atoms with E-state index in [4.69, 9.17) is 9.15 Å². The Bertz CT molecular complexity index is 613. The van der Waals surface area contributed by atoms with Crippen molar-refractivity contribution < 1.29 is 9.15 Å². The lowest BCUT2D eigenvalue weighted by atomic mass is 10.3. The van der Waals surface area contributed by atoms with Crippen LogP contribution in [0.15, 0.2) is 45.8 Å². The first-order valence-electron chi connectivity index (χ1n) is 7.47. The fourth-order valence-electron chi connectivity index (χ4n) is 2.49. The third-order valence-corrected chi connectivity index (χ3v) is 3.53. The monoisotopic (exact) mass is 284 g/mol. The first-order chi connectivity index (χ1) is 10.4. The van der Waals surface area contributed by atoms with Crippen LogP contribution < -0.4 is 9.64 Å². The van der Waals surface area contributed by atoms with Crippen LogP contribution in [0.3, 0.4) is 0 Å². The SMILES string of the molecule is CCOc1ccccc1N=Cc1ccc(N2CCCC2)o1. The summed E-state index contributed by atoms with van der Waals surface area (Å²) in [5, 5.41) is 0. The zero-order valence-electron chi connectivity index (χ0n) is 12.3. The molecule has 0 bridgehead atoms. The Hall–Kier alpha value is -2.23. The fourth-order valence-corrected chi connectivity index (χ4v) is 2.49. The number of anilines is 1. The number of benzene rings is 1. The van der Waals surface area contributed by atoms with Gasteiger partial charge in [0.1, 0.15) is 17.2 Å². The van der Waals surface area contributed by atoms with Gasteiger partial charge in [-0.2, -0.15) is 0 Å². The quantitative estimate of drug-likeness (QED) is 0.778. The van der Waals surface area contributed by atoms with Gasteiger partial charge < -0.3 is 14.1 Å². The average molecular weight is 284 g/mol. The molecule has 1 aliphatic rings. The Balaban J connectivity index is 1.74. The van der Waals surface area contributed by atoms with E-state index in [1.165, 1.54) is 12.8 Å². The lowest BCUT2D eigenvalue weighted by Gasteiger charge is -2.12. The van der Waals surface area contributed by atoms with Crippen LogP contribution in [0.25, 0.3) is 0 Å². The summed E-state index contributed by atoms with van der Waals surface area (Å²) in [5.41, 5.74) is 0.818. The van der Waals surface area contributed by atoms with E-state index in [9.17, 15) is 0 Å². The number of hydrogen-bond donors (Lipinski definition) is 0. The van der Waals surface area contributed by atoms with Gasteiger partial charge in [-0.15, -0.1) is 0 Å². The summed E-state index contributed by atoms with van der Waals surface area (Å²) in [4.78, 5) is 6.74. The minimum Gasteiger partial charge on any atom is -0.492 e. The molecule has 0 N–H and O–H groups in total. The Kier molecular flexibility index (Phi) is 4.24. The molecule has 1 aliphatic heterocycles. The van der Waals surface area contributed by atoms with Gasteiger partial charge in [0.2, 0.25) is 0 Å². The van der Waals surface area contributed by atoms with Crippen LogP contribution in [0.5, 0.6) is 5.75 Å². The molecular weight excluding hydrogens is 264 g/mol. The Morgan fingerprint density at radius 2 is 2.00 bits per heavy atom. The minimum absolute atomic E-state index is 0.631. The summed E-state index contributed by atoms with van der Waals surface area (Å²) >= 11 is 0. The van der Waals surface area contributed by atoms with Gasteiger partial charge in [-0.25, -0.2) is 4.99 Å². The highest BCUT2D eigenvalue weighted by atomic mass is 16.5. The molecule has 0 unspecified atom stereocenters. The van der Waals surface area contributed by atoms with E-state index < -0.39 is 0 Å². The van der Waals surface area contributed by atoms with Gasteiger partial charge in [0.25, 0.3) is 0 Å². The molecule has 1 aromatic heterocycles. The van der Waals surface area contributed by atoms with Crippen LogP contribution in [-0.2, 0) is 0 Å². The number of para-hydroxylation sites is 2. The van der Waals surface area contributed by atoms with Gasteiger partial charge in [0.05, 0.1) is 12.8 Å². The number of furan rings is 1. The summed E-state index contributed by atoms with van der Waals surface area (Å²) in [6, 6.07) is 11.7. The minimum atomic E-state index is 0.631. The maximum Gasteiger partial charge on any atom is 0.196 e. The summed E-state index contributed by atoms with van der Waals surface area (Å²) in [7, 11) is 0. The third-order valence-electron chi connectivity index (χ3n) is 3.53. The van der Waals surface area contributed by atoms with Crippen molar-refractivity contribution in [1.29, 1.82) is 0 Å². The highest BCUT2D eigenvalue weighted by molar-refractivity contribution is 5.80. The topological polar surface area (TPSA) is 38.0 Å². The lowest BCUT2D eigenvalue weighted by Crippen LogP contribution is -2.16. The van der Waals surface area contributed by atoms with Crippen molar-refractivity contribution in [1.82, 2.24) is 0 Å². The average Bonchev–Trinajstić information content (AvgIpc) is 3.18. The smallest absolute Gasteiger partial charge is 0.196 e. The first-order valence-corrected chi connectivity index (χ1v) is 7.47. The second kappa shape index (κ2) is 6.48. The number of rotatable bonds is 5. The van der Waals surface area contributed by atoms with Crippen LogP contribution in [0.2, 0.25) is 0 Å². The van der Waals surface area contributed by atoms with Gasteiger partial charge in [-0.05, 0) is 38.0 Å². The third kappa shape index (κ3) is 3.27. The molecule has 4 nitrogen and oxygen atoms in total. The maximum atomic E-state index is 5.82. The Morgan fingerprint density at radius 1 is 1.19 bits per heavy atom. The van der Waals surface area contributed by atoms with E-state index in [1.54, 1.807) is 6.21 Å². The molecule has 3 rings (SSSR count). The number of nitrogens with zero attached hydrogens (tertiary/aromatic N) is 2. The van der Waals surface area contributed by atoms with Crippen LogP contribution in [0.4, 0.5) is 11.6 Å². The fraction of sp³-hybridized carbons (Fsp3) is 0.353. The molecule has 21 heavy (non-hydrogen) atoms. The Morgan fingerprint density at radius 3 is 2.81 bits per heavy atom. The second-order valence-electron chi connectivity index (χ2n) is 5.03. The zero-order valence-corrected chi connectivity index (χ0v) is 12.3. The van der Waals surface area contributed by atoms with Crippen LogP contribution in [0.1, 0.15) is 25.5 Å². The lowest BCUT2D eigenvalue weighted by molar-refractivity contribution is 0.341. The molecule has 0 radical (unpaired) electrons. The zero-order chi connectivity index (χ0) is 14.5. The highest BCUT2D eigenvalue weighted by Crippen LogP contribution is 2.27. The molecule has 0 spiro atoms. The predicted octanol–water partition coefficient (Wildman–Crippen LogP) is 4.03. The van der Waals surface area contributed by atoms with E-state index in [-0.39, 0.29) is 0 Å². The normalized spacial score (nSPS) is 15.0. The molecule has 110 valence electrons. The highest BCUT2D eigenvalue weighted by Gasteiger charge is 2.15. The molecule has 1 fully saturated rings. The molecule has 0 amide bonds. The van der Waals surface area contributed by atoms with E-state index in [0.717, 1.165) is 36.2 Å². The predicted molar refractivity (Wildman–Crippen MR) is 85.0 cm³/mol. The molecule has 0 atom stereocenters. The van der Waals surface area contributed by atoms with Crippen molar-refractivity contribution in [3.05, 3.63) is 42.2 Å². The molecule has 1 aromatic carbocycles. The number of aliphatic imine (C=N–C) groups is 1. The van der Waals surface area contributed by atoms with Crippen molar-refractivity contribution in [2.24, 2.45) is 4.99 Å². The standard InChI is InChI=1S/C17H20N2O2/c1-2-20-16-8-4-3-7-15(16)18-13-14-9-10-17(21-14)19-11-5-6-12-19/h3-4,7-10,13H,2,5-6,11-12H2,1H3. The van der Waals surface area contributed by atoms with E-state index >= 15 is 0 Å². The van der Waals surface area contributed by atoms with E-state index in [2.05, 4.69) is 9.89 Å². The van der Waals surface area contributed by atoms with E-state index in [0.29, 0.717) is 6.61 Å². The van der Waals surface area contributed by atoms with Crippen molar-refractivity contribution in [3.8, 4) is 5.75 Å². The molecule has 0 aliphatic carbocycles. The summed E-state index contributed by atoms with van der Waals surface area (Å²) in [6.07, 6.45) is 4.23. The van der Waals surface area contributed by atoms with Crippen molar-refractivity contribution in [2.45, 2.75) is 19.8 Å². The molecule has 2 heterocycles. The molecule has 1 saturated heterocycles. The van der Waals surface area contributed by atoms with Gasteiger partial charge in [-0.3, -0.25) is 0 Å². The summed E-state index contributed by atoms with van der Waals surface area (Å²) in [6.45, 7) is 4.76. The Labute approximate surface area is 125 Å². The van der Waals surface area contributed by atoms with Crippen LogP contribution >= 0.6 is 0 Å². The number of hydrogen-bond acceptors (Lipinski definition) is 4. The van der Waals surface area contributed by atoms with Crippen molar-refractivity contribution in [2.75, 3.05) is 24.6 Å². The molecular formula is C17H20N2O2. The molecule has 0 saturated carbocycles. The summed E-state index contributed by atoms with van der Waals surface area (Å²) < 4.78 is 11.4. The van der Waals surface area contributed by atoms with Gasteiger partial charge in [0.15, 0.2) is 5.88 Å². The molecule has 2 aromatic rings. The van der Waals surface area contributed by atoms with Crippen molar-refractivity contribution in [3.63, 3.8) is 0 Å². The maximum absolute atomic E-state index is 5.82.